The molecule has 3 rings (SSSR count). The van der Waals surface area contributed by atoms with Crippen LogP contribution in [0, 0.1) is 5.92 Å². The van der Waals surface area contributed by atoms with E-state index in [-0.39, 0.29) is 24.6 Å². The van der Waals surface area contributed by atoms with Gasteiger partial charge < -0.3 is 14.7 Å². The highest BCUT2D eigenvalue weighted by Gasteiger charge is 2.41. The van der Waals surface area contributed by atoms with Crippen LogP contribution in [0.2, 0.25) is 0 Å². The third-order valence-electron chi connectivity index (χ3n) is 6.04. The van der Waals surface area contributed by atoms with Gasteiger partial charge in [-0.1, -0.05) is 18.2 Å². The van der Waals surface area contributed by atoms with E-state index in [1.54, 1.807) is 14.1 Å². The van der Waals surface area contributed by atoms with Gasteiger partial charge >= 0.3 is 0 Å². The van der Waals surface area contributed by atoms with Crippen molar-refractivity contribution in [2.45, 2.75) is 37.5 Å². The predicted octanol–water partition coefficient (Wildman–Crippen LogP) is 0.629. The second-order valence-electron chi connectivity index (χ2n) is 8.50. The van der Waals surface area contributed by atoms with Crippen LogP contribution in [0.3, 0.4) is 0 Å². The van der Waals surface area contributed by atoms with Crippen molar-refractivity contribution in [1.82, 2.24) is 14.1 Å². The number of para-hydroxylation sites is 1. The van der Waals surface area contributed by atoms with Crippen LogP contribution < -0.4 is 4.74 Å². The van der Waals surface area contributed by atoms with E-state index in [2.05, 4.69) is 4.90 Å². The number of sulfonamides is 1. The Hall–Kier alpha value is -1.68. The van der Waals surface area contributed by atoms with Crippen LogP contribution in [0.1, 0.15) is 19.3 Å². The standard InChI is InChI=1S/C21H33N3O5S/c1-22(2)21(26)16-14-23(12-13-24(15-16)30(3,27)28)18-10-7-11-19(20(18)25)29-17-8-5-4-6-9-17/h4-6,8-9,16,18-20,25H,7,10-15H2,1-3H3/t16-,18-,19+,20+/m0/s1. The first-order valence-electron chi connectivity index (χ1n) is 10.5. The number of rotatable bonds is 5. The summed E-state index contributed by atoms with van der Waals surface area (Å²) in [6, 6.07) is 9.28. The molecule has 2 aliphatic rings. The Kier molecular flexibility index (Phi) is 7.38. The Balaban J connectivity index is 1.77. The van der Waals surface area contributed by atoms with Crippen LogP contribution in [0.5, 0.6) is 5.75 Å². The number of carbonyl (C=O) groups excluding carboxylic acids is 1. The highest BCUT2D eigenvalue weighted by Crippen LogP contribution is 2.29. The topological polar surface area (TPSA) is 90.4 Å². The van der Waals surface area contributed by atoms with Gasteiger partial charge in [-0.3, -0.25) is 9.69 Å². The lowest BCUT2D eigenvalue weighted by atomic mass is 9.88. The molecule has 0 radical (unpaired) electrons. The van der Waals surface area contributed by atoms with Crippen molar-refractivity contribution >= 4 is 15.9 Å². The van der Waals surface area contributed by atoms with Crippen molar-refractivity contribution in [3.63, 3.8) is 0 Å². The van der Waals surface area contributed by atoms with Crippen molar-refractivity contribution in [1.29, 1.82) is 0 Å². The predicted molar refractivity (Wildman–Crippen MR) is 115 cm³/mol. The summed E-state index contributed by atoms with van der Waals surface area (Å²) < 4.78 is 31.8. The van der Waals surface area contributed by atoms with Gasteiger partial charge in [0.25, 0.3) is 0 Å². The molecule has 0 unspecified atom stereocenters. The van der Waals surface area contributed by atoms with Crippen LogP contribution >= 0.6 is 0 Å². The number of ether oxygens (including phenoxy) is 1. The first kappa shape index (κ1) is 23.0. The average Bonchev–Trinajstić information content (AvgIpc) is 2.93. The minimum atomic E-state index is -3.41. The minimum absolute atomic E-state index is 0.0991. The smallest absolute Gasteiger partial charge is 0.227 e. The second kappa shape index (κ2) is 9.64. The molecule has 1 amide bonds. The van der Waals surface area contributed by atoms with Gasteiger partial charge in [-0.25, -0.2) is 12.7 Å². The maximum Gasteiger partial charge on any atom is 0.227 e. The molecule has 8 nitrogen and oxygen atoms in total. The summed E-state index contributed by atoms with van der Waals surface area (Å²) in [4.78, 5) is 16.3. The monoisotopic (exact) mass is 439 g/mol. The Labute approximate surface area is 179 Å². The summed E-state index contributed by atoms with van der Waals surface area (Å²) in [6.45, 7) is 1.37. The van der Waals surface area contributed by atoms with Gasteiger partial charge in [0.05, 0.1) is 12.2 Å². The number of amides is 1. The van der Waals surface area contributed by atoms with Crippen molar-refractivity contribution < 1.29 is 23.1 Å². The third-order valence-corrected chi connectivity index (χ3v) is 7.31. The van der Waals surface area contributed by atoms with E-state index in [9.17, 15) is 18.3 Å². The molecule has 1 saturated heterocycles. The first-order valence-corrected chi connectivity index (χ1v) is 12.3. The molecule has 9 heteroatoms. The van der Waals surface area contributed by atoms with Gasteiger partial charge in [0.1, 0.15) is 18.0 Å². The zero-order chi connectivity index (χ0) is 21.9. The fraction of sp³-hybridized carbons (Fsp3) is 0.667. The Morgan fingerprint density at radius 3 is 2.47 bits per heavy atom. The number of aliphatic hydroxyl groups excluding tert-OH is 1. The largest absolute Gasteiger partial charge is 0.488 e. The fourth-order valence-electron chi connectivity index (χ4n) is 4.45. The summed E-state index contributed by atoms with van der Waals surface area (Å²) in [6.07, 6.45) is 2.59. The van der Waals surface area contributed by atoms with Crippen LogP contribution in [-0.4, -0.2) is 98.3 Å². The number of benzene rings is 1. The molecule has 2 fully saturated rings. The van der Waals surface area contributed by atoms with Gasteiger partial charge in [0.15, 0.2) is 0 Å². The van der Waals surface area contributed by atoms with E-state index in [0.29, 0.717) is 19.6 Å². The summed E-state index contributed by atoms with van der Waals surface area (Å²) >= 11 is 0. The molecule has 0 spiro atoms. The Morgan fingerprint density at radius 2 is 1.83 bits per heavy atom. The first-order chi connectivity index (χ1) is 14.2. The summed E-state index contributed by atoms with van der Waals surface area (Å²) in [5, 5.41) is 11.1. The molecule has 4 atom stereocenters. The van der Waals surface area contributed by atoms with E-state index >= 15 is 0 Å². The Bertz CT molecular complexity index is 817. The number of aliphatic hydroxyl groups is 1. The molecule has 0 aromatic heterocycles. The molecule has 1 aromatic rings. The molecule has 30 heavy (non-hydrogen) atoms. The zero-order valence-corrected chi connectivity index (χ0v) is 18.8. The zero-order valence-electron chi connectivity index (χ0n) is 18.0. The quantitative estimate of drug-likeness (QED) is 0.724. The molecule has 0 bridgehead atoms. The number of hydrogen-bond acceptors (Lipinski definition) is 6. The lowest BCUT2D eigenvalue weighted by molar-refractivity contribution is -0.134. The van der Waals surface area contributed by atoms with Crippen molar-refractivity contribution in [3.05, 3.63) is 30.3 Å². The maximum absolute atomic E-state index is 12.7. The minimum Gasteiger partial charge on any atom is -0.488 e. The lowest BCUT2D eigenvalue weighted by Gasteiger charge is -2.41. The number of nitrogens with zero attached hydrogens (tertiary/aromatic N) is 3. The van der Waals surface area contributed by atoms with Crippen LogP contribution in [0.4, 0.5) is 0 Å². The van der Waals surface area contributed by atoms with E-state index in [1.807, 2.05) is 30.3 Å². The molecular weight excluding hydrogens is 406 g/mol. The highest BCUT2D eigenvalue weighted by molar-refractivity contribution is 7.88. The molecule has 1 aromatic carbocycles. The number of hydrogen-bond donors (Lipinski definition) is 1. The van der Waals surface area contributed by atoms with Crippen molar-refractivity contribution in [3.8, 4) is 5.75 Å². The second-order valence-corrected chi connectivity index (χ2v) is 10.5. The van der Waals surface area contributed by atoms with Gasteiger partial charge in [0.2, 0.25) is 15.9 Å². The summed E-state index contributed by atoms with van der Waals surface area (Å²) in [5.74, 6) is 0.153. The van der Waals surface area contributed by atoms with E-state index in [4.69, 9.17) is 4.74 Å². The van der Waals surface area contributed by atoms with Gasteiger partial charge in [-0.05, 0) is 31.4 Å². The fourth-order valence-corrected chi connectivity index (χ4v) is 5.32. The summed E-state index contributed by atoms with van der Waals surface area (Å²) in [5.41, 5.74) is 0. The molecule has 1 heterocycles. The molecular formula is C21H33N3O5S. The molecule has 1 aliphatic carbocycles. The third kappa shape index (κ3) is 5.51. The molecule has 1 saturated carbocycles. The summed E-state index contributed by atoms with van der Waals surface area (Å²) in [7, 11) is -0.0476. The molecule has 1 N–H and O–H groups in total. The number of carbonyl (C=O) groups is 1. The SMILES string of the molecule is CN(C)C(=O)[C@H]1CN([C@H]2CCC[C@@H](Oc3ccccc3)[C@@H]2O)CCN(S(C)(=O)=O)C1. The van der Waals surface area contributed by atoms with Crippen molar-refractivity contribution in [2.75, 3.05) is 46.5 Å². The highest BCUT2D eigenvalue weighted by atomic mass is 32.2. The van der Waals surface area contributed by atoms with Crippen LogP contribution in [0.25, 0.3) is 0 Å². The molecule has 168 valence electrons. The van der Waals surface area contributed by atoms with E-state index in [0.717, 1.165) is 25.0 Å². The lowest BCUT2D eigenvalue weighted by Crippen LogP contribution is -2.55. The molecule has 1 aliphatic heterocycles. The average molecular weight is 440 g/mol. The van der Waals surface area contributed by atoms with Crippen molar-refractivity contribution in [2.24, 2.45) is 5.92 Å². The maximum atomic E-state index is 12.7. The normalized spacial score (nSPS) is 29.2. The van der Waals surface area contributed by atoms with Crippen LogP contribution in [0.15, 0.2) is 30.3 Å². The van der Waals surface area contributed by atoms with Gasteiger partial charge in [-0.2, -0.15) is 0 Å². The Morgan fingerprint density at radius 1 is 1.13 bits per heavy atom. The van der Waals surface area contributed by atoms with Gasteiger partial charge in [0, 0.05) is 46.3 Å². The van der Waals surface area contributed by atoms with Gasteiger partial charge in [-0.15, -0.1) is 0 Å². The van der Waals surface area contributed by atoms with Crippen LogP contribution in [-0.2, 0) is 14.8 Å². The van der Waals surface area contributed by atoms with E-state index in [1.165, 1.54) is 15.5 Å². The van der Waals surface area contributed by atoms with E-state index < -0.39 is 22.0 Å².